The van der Waals surface area contributed by atoms with Gasteiger partial charge in [0.25, 0.3) is 0 Å². The van der Waals surface area contributed by atoms with Crippen LogP contribution in [-0.2, 0) is 4.79 Å². The SMILES string of the molecule is COc1ccc([C@@H]2[C@@H]3CN(CCN4CCCC4=O)C[C@@H]3CN2C)cc1.Cl.Cl. The molecular weight excluding hydrogens is 385 g/mol. The van der Waals surface area contributed by atoms with E-state index in [1.807, 2.05) is 4.90 Å². The van der Waals surface area contributed by atoms with Gasteiger partial charge in [-0.3, -0.25) is 9.69 Å². The van der Waals surface area contributed by atoms with Gasteiger partial charge in [-0.15, -0.1) is 24.8 Å². The maximum Gasteiger partial charge on any atom is 0.222 e. The second kappa shape index (κ2) is 9.46. The van der Waals surface area contributed by atoms with Gasteiger partial charge in [-0.25, -0.2) is 0 Å². The minimum absolute atomic E-state index is 0. The Bertz CT molecular complexity index is 628. The first-order valence-corrected chi connectivity index (χ1v) is 9.50. The van der Waals surface area contributed by atoms with E-state index in [4.69, 9.17) is 4.74 Å². The van der Waals surface area contributed by atoms with E-state index in [0.29, 0.717) is 17.9 Å². The minimum Gasteiger partial charge on any atom is -0.497 e. The molecule has 1 amide bonds. The molecule has 0 N–H and O–H groups in total. The Labute approximate surface area is 174 Å². The molecule has 27 heavy (non-hydrogen) atoms. The third kappa shape index (κ3) is 4.53. The number of rotatable bonds is 5. The van der Waals surface area contributed by atoms with Crippen LogP contribution in [0.4, 0.5) is 0 Å². The van der Waals surface area contributed by atoms with Crippen LogP contribution >= 0.6 is 24.8 Å². The summed E-state index contributed by atoms with van der Waals surface area (Å²) in [5, 5.41) is 0. The highest BCUT2D eigenvalue weighted by Gasteiger charge is 2.45. The lowest BCUT2D eigenvalue weighted by Gasteiger charge is -2.27. The largest absolute Gasteiger partial charge is 0.497 e. The number of halogens is 2. The Balaban J connectivity index is 0.00000131. The molecule has 0 aliphatic carbocycles. The highest BCUT2D eigenvalue weighted by Crippen LogP contribution is 2.44. The smallest absolute Gasteiger partial charge is 0.222 e. The van der Waals surface area contributed by atoms with E-state index in [0.717, 1.165) is 50.7 Å². The van der Waals surface area contributed by atoms with Crippen molar-refractivity contribution in [3.05, 3.63) is 29.8 Å². The van der Waals surface area contributed by atoms with Crippen LogP contribution in [0.5, 0.6) is 5.75 Å². The van der Waals surface area contributed by atoms with Crippen molar-refractivity contribution < 1.29 is 9.53 Å². The Morgan fingerprint density at radius 1 is 1.07 bits per heavy atom. The summed E-state index contributed by atoms with van der Waals surface area (Å²) in [6.07, 6.45) is 1.78. The summed E-state index contributed by atoms with van der Waals surface area (Å²) < 4.78 is 5.30. The molecule has 1 aromatic rings. The summed E-state index contributed by atoms with van der Waals surface area (Å²) in [7, 11) is 3.97. The standard InChI is InChI=1S/C20H29N3O2.2ClH/c1-21-12-16-13-22(10-11-23-9-3-4-19(23)24)14-18(16)20(21)15-5-7-17(25-2)8-6-15;;/h5-8,16,18,20H,3-4,9-14H2,1-2H3;2*1H/t16-,18+,20+;;/m0../s1. The van der Waals surface area contributed by atoms with E-state index in [1.54, 1.807) is 7.11 Å². The number of carbonyl (C=O) groups excluding carboxylic acids is 1. The zero-order chi connectivity index (χ0) is 17.4. The molecule has 3 heterocycles. The average Bonchev–Trinajstić information content (AvgIpc) is 3.27. The molecule has 7 heteroatoms. The number of fused-ring (bicyclic) bond motifs is 1. The summed E-state index contributed by atoms with van der Waals surface area (Å²) in [5.74, 6) is 2.69. The number of amides is 1. The minimum atomic E-state index is 0. The molecule has 0 aromatic heterocycles. The first-order chi connectivity index (χ1) is 12.2. The van der Waals surface area contributed by atoms with Crippen molar-refractivity contribution in [3.8, 4) is 5.75 Å². The molecule has 0 radical (unpaired) electrons. The number of benzene rings is 1. The van der Waals surface area contributed by atoms with E-state index in [1.165, 1.54) is 18.7 Å². The van der Waals surface area contributed by atoms with Gasteiger partial charge >= 0.3 is 0 Å². The van der Waals surface area contributed by atoms with E-state index in [9.17, 15) is 4.79 Å². The van der Waals surface area contributed by atoms with Crippen molar-refractivity contribution in [1.29, 1.82) is 0 Å². The first kappa shape index (κ1) is 22.3. The van der Waals surface area contributed by atoms with Gasteiger partial charge < -0.3 is 14.5 Å². The van der Waals surface area contributed by atoms with E-state index < -0.39 is 0 Å². The van der Waals surface area contributed by atoms with Crippen molar-refractivity contribution in [2.24, 2.45) is 11.8 Å². The fourth-order valence-corrected chi connectivity index (χ4v) is 5.04. The Hall–Kier alpha value is -1.01. The van der Waals surface area contributed by atoms with Gasteiger partial charge in [0.1, 0.15) is 5.75 Å². The second-order valence-corrected chi connectivity index (χ2v) is 7.83. The molecule has 0 unspecified atom stereocenters. The lowest BCUT2D eigenvalue weighted by atomic mass is 9.89. The van der Waals surface area contributed by atoms with Crippen LogP contribution in [0.15, 0.2) is 24.3 Å². The van der Waals surface area contributed by atoms with Crippen molar-refractivity contribution >= 4 is 30.7 Å². The van der Waals surface area contributed by atoms with Crippen molar-refractivity contribution in [1.82, 2.24) is 14.7 Å². The van der Waals surface area contributed by atoms with Gasteiger partial charge in [-0.2, -0.15) is 0 Å². The number of hydrogen-bond donors (Lipinski definition) is 0. The van der Waals surface area contributed by atoms with Crippen LogP contribution in [-0.4, -0.2) is 74.0 Å². The topological polar surface area (TPSA) is 36.0 Å². The number of methoxy groups -OCH3 is 1. The molecule has 3 saturated heterocycles. The van der Waals surface area contributed by atoms with E-state index in [-0.39, 0.29) is 24.8 Å². The highest BCUT2D eigenvalue weighted by molar-refractivity contribution is 5.85. The number of carbonyl (C=O) groups is 1. The third-order valence-corrected chi connectivity index (χ3v) is 6.28. The fourth-order valence-electron chi connectivity index (χ4n) is 5.04. The molecule has 3 atom stereocenters. The summed E-state index contributed by atoms with van der Waals surface area (Å²) in [4.78, 5) is 18.9. The molecular formula is C20H31Cl2N3O2. The number of likely N-dealkylation sites (tertiary alicyclic amines) is 3. The van der Waals surface area contributed by atoms with E-state index >= 15 is 0 Å². The van der Waals surface area contributed by atoms with Crippen LogP contribution in [0.3, 0.4) is 0 Å². The van der Waals surface area contributed by atoms with Crippen LogP contribution in [0, 0.1) is 11.8 Å². The molecule has 3 aliphatic heterocycles. The Morgan fingerprint density at radius 3 is 2.44 bits per heavy atom. The molecule has 0 bridgehead atoms. The molecule has 3 aliphatic rings. The lowest BCUT2D eigenvalue weighted by Crippen LogP contribution is -2.36. The van der Waals surface area contributed by atoms with Gasteiger partial charge in [0.05, 0.1) is 7.11 Å². The third-order valence-electron chi connectivity index (χ3n) is 6.28. The first-order valence-electron chi connectivity index (χ1n) is 9.50. The number of ether oxygens (including phenoxy) is 1. The summed E-state index contributed by atoms with van der Waals surface area (Å²) in [6, 6.07) is 9.07. The van der Waals surface area contributed by atoms with E-state index in [2.05, 4.69) is 41.1 Å². The van der Waals surface area contributed by atoms with Gasteiger partial charge in [-0.05, 0) is 43.0 Å². The van der Waals surface area contributed by atoms with Gasteiger partial charge in [0.15, 0.2) is 0 Å². The zero-order valence-corrected chi connectivity index (χ0v) is 17.8. The maximum absolute atomic E-state index is 11.8. The molecule has 4 rings (SSSR count). The fraction of sp³-hybridized carbons (Fsp3) is 0.650. The maximum atomic E-state index is 11.8. The van der Waals surface area contributed by atoms with Crippen LogP contribution in [0.25, 0.3) is 0 Å². The van der Waals surface area contributed by atoms with Gasteiger partial charge in [0.2, 0.25) is 5.91 Å². The lowest BCUT2D eigenvalue weighted by molar-refractivity contribution is -0.127. The molecule has 152 valence electrons. The molecule has 0 saturated carbocycles. The van der Waals surface area contributed by atoms with Crippen molar-refractivity contribution in [3.63, 3.8) is 0 Å². The number of hydrogen-bond acceptors (Lipinski definition) is 4. The number of nitrogens with zero attached hydrogens (tertiary/aromatic N) is 3. The Kier molecular flexibility index (Phi) is 7.81. The summed E-state index contributed by atoms with van der Waals surface area (Å²) in [5.41, 5.74) is 1.40. The van der Waals surface area contributed by atoms with Crippen LogP contribution in [0.2, 0.25) is 0 Å². The van der Waals surface area contributed by atoms with Crippen LogP contribution < -0.4 is 4.74 Å². The molecule has 5 nitrogen and oxygen atoms in total. The van der Waals surface area contributed by atoms with Crippen LogP contribution in [0.1, 0.15) is 24.4 Å². The van der Waals surface area contributed by atoms with Gasteiger partial charge in [0, 0.05) is 51.7 Å². The second-order valence-electron chi connectivity index (χ2n) is 7.83. The Morgan fingerprint density at radius 2 is 1.81 bits per heavy atom. The highest BCUT2D eigenvalue weighted by atomic mass is 35.5. The quantitative estimate of drug-likeness (QED) is 0.740. The molecule has 3 fully saturated rings. The predicted octanol–water partition coefficient (Wildman–Crippen LogP) is 2.70. The zero-order valence-electron chi connectivity index (χ0n) is 16.2. The summed E-state index contributed by atoms with van der Waals surface area (Å²) >= 11 is 0. The van der Waals surface area contributed by atoms with Crippen molar-refractivity contribution in [2.45, 2.75) is 18.9 Å². The molecule has 0 spiro atoms. The molecule has 1 aromatic carbocycles. The van der Waals surface area contributed by atoms with Crippen molar-refractivity contribution in [2.75, 3.05) is 53.4 Å². The van der Waals surface area contributed by atoms with Gasteiger partial charge in [-0.1, -0.05) is 12.1 Å². The summed E-state index contributed by atoms with van der Waals surface area (Å²) in [6.45, 7) is 6.37. The monoisotopic (exact) mass is 415 g/mol. The normalized spacial score (nSPS) is 28.0. The predicted molar refractivity (Wildman–Crippen MR) is 112 cm³/mol. The average molecular weight is 416 g/mol.